The number of unbranched alkanes of at least 4 members (excludes halogenated alkanes) is 3. The Balaban J connectivity index is 1.57. The van der Waals surface area contributed by atoms with E-state index in [4.69, 9.17) is 21.1 Å². The number of aliphatic hydroxyl groups excluding tert-OH is 1. The van der Waals surface area contributed by atoms with Crippen LogP contribution in [0.25, 0.3) is 16.0 Å². The van der Waals surface area contributed by atoms with E-state index in [0.29, 0.717) is 51.5 Å². The van der Waals surface area contributed by atoms with Crippen LogP contribution in [0.5, 0.6) is 11.5 Å². The van der Waals surface area contributed by atoms with Crippen LogP contribution >= 0.6 is 22.9 Å². The van der Waals surface area contributed by atoms with E-state index in [1.165, 1.54) is 16.2 Å². The van der Waals surface area contributed by atoms with Crippen LogP contribution in [-0.2, 0) is 9.59 Å². The topological polar surface area (TPSA) is 89.0 Å². The Bertz CT molecular complexity index is 1610. The normalized spacial score (nSPS) is 16.4. The predicted molar refractivity (Wildman–Crippen MR) is 168 cm³/mol. The van der Waals surface area contributed by atoms with E-state index >= 15 is 0 Å². The number of rotatable bonds is 12. The number of hydrogen-bond acceptors (Lipinski definition) is 7. The number of nitrogens with zero attached hydrogens (tertiary/aromatic N) is 2. The van der Waals surface area contributed by atoms with Gasteiger partial charge in [0.1, 0.15) is 17.3 Å². The van der Waals surface area contributed by atoms with Crippen molar-refractivity contribution in [3.63, 3.8) is 0 Å². The molecule has 0 saturated carbocycles. The monoisotopic (exact) mass is 604 g/mol. The van der Waals surface area contributed by atoms with Gasteiger partial charge in [-0.25, -0.2) is 4.98 Å². The van der Waals surface area contributed by atoms with E-state index in [0.717, 1.165) is 36.8 Å². The van der Waals surface area contributed by atoms with Gasteiger partial charge in [-0.05, 0) is 60.9 Å². The summed E-state index contributed by atoms with van der Waals surface area (Å²) in [7, 11) is 0. The highest BCUT2D eigenvalue weighted by Crippen LogP contribution is 2.45. The number of carbonyl (C=O) groups is 2. The molecule has 0 bridgehead atoms. The SMILES string of the molecule is CCCCCOc1ccc(C2/C(=C(\O)c3cccc(OCCCC)c3)C(=O)C(=O)N2c2nc3ccc(Cl)cc3s2)cc1. The first-order chi connectivity index (χ1) is 20.4. The molecule has 3 aromatic carbocycles. The Morgan fingerprint density at radius 3 is 2.43 bits per heavy atom. The zero-order chi connectivity index (χ0) is 29.6. The molecular weight excluding hydrogens is 572 g/mol. The Morgan fingerprint density at radius 2 is 1.67 bits per heavy atom. The summed E-state index contributed by atoms with van der Waals surface area (Å²) in [5, 5.41) is 12.5. The lowest BCUT2D eigenvalue weighted by molar-refractivity contribution is -0.132. The fraction of sp³-hybridized carbons (Fsp3) is 0.303. The molecule has 5 rings (SSSR count). The molecular formula is C33H33ClN2O5S. The van der Waals surface area contributed by atoms with Gasteiger partial charge in [0, 0.05) is 10.6 Å². The van der Waals surface area contributed by atoms with Crippen molar-refractivity contribution in [2.24, 2.45) is 0 Å². The van der Waals surface area contributed by atoms with Crippen molar-refractivity contribution in [2.45, 2.75) is 52.0 Å². The lowest BCUT2D eigenvalue weighted by Gasteiger charge is -2.23. The highest BCUT2D eigenvalue weighted by molar-refractivity contribution is 7.22. The second kappa shape index (κ2) is 13.4. The Kier molecular flexibility index (Phi) is 9.45. The standard InChI is InChI=1S/C33H33ClN2O5S/c1-3-5-7-18-40-24-14-11-21(12-15-24)29-28(30(37)22-9-8-10-25(19-22)41-17-6-4-2)31(38)32(39)36(29)33-35-26-16-13-23(34)20-27(26)42-33/h8-16,19-20,29,37H,3-7,17-18H2,1-2H3/b30-28+. The van der Waals surface area contributed by atoms with Gasteiger partial charge in [0.2, 0.25) is 0 Å². The molecule has 2 heterocycles. The van der Waals surface area contributed by atoms with Crippen molar-refractivity contribution in [3.8, 4) is 11.5 Å². The molecule has 1 saturated heterocycles. The summed E-state index contributed by atoms with van der Waals surface area (Å²) in [6.45, 7) is 5.37. The van der Waals surface area contributed by atoms with Crippen LogP contribution in [-0.4, -0.2) is 35.0 Å². The van der Waals surface area contributed by atoms with Gasteiger partial charge in [0.15, 0.2) is 5.13 Å². The number of amides is 1. The van der Waals surface area contributed by atoms with Gasteiger partial charge in [-0.1, -0.05) is 80.3 Å². The number of carbonyl (C=O) groups excluding carboxylic acids is 2. The summed E-state index contributed by atoms with van der Waals surface area (Å²) in [5.74, 6) is -0.552. The molecule has 0 radical (unpaired) electrons. The fourth-order valence-electron chi connectivity index (χ4n) is 4.85. The maximum Gasteiger partial charge on any atom is 0.301 e. The number of aromatic nitrogens is 1. The number of ether oxygens (including phenoxy) is 2. The van der Waals surface area contributed by atoms with Crippen LogP contribution in [0.4, 0.5) is 5.13 Å². The molecule has 1 unspecified atom stereocenters. The van der Waals surface area contributed by atoms with Crippen LogP contribution in [0.3, 0.4) is 0 Å². The van der Waals surface area contributed by atoms with Crippen LogP contribution in [0.1, 0.15) is 63.1 Å². The largest absolute Gasteiger partial charge is 0.507 e. The molecule has 1 atom stereocenters. The number of hydrogen-bond donors (Lipinski definition) is 1. The highest BCUT2D eigenvalue weighted by atomic mass is 35.5. The first-order valence-electron chi connectivity index (χ1n) is 14.2. The fourth-order valence-corrected chi connectivity index (χ4v) is 6.11. The number of aliphatic hydroxyl groups is 1. The molecule has 0 aliphatic carbocycles. The van der Waals surface area contributed by atoms with Gasteiger partial charge in [0.05, 0.1) is 35.0 Å². The minimum atomic E-state index is -0.903. The minimum Gasteiger partial charge on any atom is -0.507 e. The van der Waals surface area contributed by atoms with Crippen molar-refractivity contribution in [1.82, 2.24) is 4.98 Å². The second-order valence-electron chi connectivity index (χ2n) is 10.1. The lowest BCUT2D eigenvalue weighted by atomic mass is 9.95. The number of anilines is 1. The summed E-state index contributed by atoms with van der Waals surface area (Å²) in [6.07, 6.45) is 5.04. The van der Waals surface area contributed by atoms with E-state index < -0.39 is 17.7 Å². The Labute approximate surface area is 254 Å². The summed E-state index contributed by atoms with van der Waals surface area (Å²) < 4.78 is 12.5. The van der Waals surface area contributed by atoms with Gasteiger partial charge in [0.25, 0.3) is 5.78 Å². The van der Waals surface area contributed by atoms with Crippen LogP contribution in [0.2, 0.25) is 5.02 Å². The van der Waals surface area contributed by atoms with Crippen molar-refractivity contribution in [1.29, 1.82) is 0 Å². The maximum absolute atomic E-state index is 13.6. The average Bonchev–Trinajstić information content (AvgIpc) is 3.53. The molecule has 1 aliphatic heterocycles. The number of fused-ring (bicyclic) bond motifs is 1. The zero-order valence-corrected chi connectivity index (χ0v) is 25.2. The average molecular weight is 605 g/mol. The van der Waals surface area contributed by atoms with Crippen molar-refractivity contribution >= 4 is 55.7 Å². The summed E-state index contributed by atoms with van der Waals surface area (Å²) in [6, 6.07) is 18.6. The zero-order valence-electron chi connectivity index (χ0n) is 23.6. The third-order valence-electron chi connectivity index (χ3n) is 7.08. The number of Topliss-reactive ketones (excluding diaryl/α,β-unsaturated/α-hetero) is 1. The summed E-state index contributed by atoms with van der Waals surface area (Å²) >= 11 is 7.46. The Morgan fingerprint density at radius 1 is 0.929 bits per heavy atom. The lowest BCUT2D eigenvalue weighted by Crippen LogP contribution is -2.29. The van der Waals surface area contributed by atoms with Crippen LogP contribution in [0.15, 0.2) is 72.3 Å². The van der Waals surface area contributed by atoms with Crippen molar-refractivity contribution < 1.29 is 24.2 Å². The summed E-state index contributed by atoms with van der Waals surface area (Å²) in [5.41, 5.74) is 1.68. The van der Waals surface area contributed by atoms with E-state index in [9.17, 15) is 14.7 Å². The predicted octanol–water partition coefficient (Wildman–Crippen LogP) is 8.32. The van der Waals surface area contributed by atoms with Crippen molar-refractivity contribution in [2.75, 3.05) is 18.1 Å². The van der Waals surface area contributed by atoms with Crippen molar-refractivity contribution in [3.05, 3.63) is 88.5 Å². The molecule has 1 amide bonds. The van der Waals surface area contributed by atoms with E-state index in [1.807, 2.05) is 24.3 Å². The molecule has 4 aromatic rings. The van der Waals surface area contributed by atoms with Gasteiger partial charge >= 0.3 is 5.91 Å². The molecule has 1 N–H and O–H groups in total. The Hall–Kier alpha value is -3.88. The third kappa shape index (κ3) is 6.30. The van der Waals surface area contributed by atoms with Gasteiger partial charge in [-0.3, -0.25) is 14.5 Å². The molecule has 218 valence electrons. The quantitative estimate of drug-likeness (QED) is 0.0757. The first kappa shape index (κ1) is 29.6. The van der Waals surface area contributed by atoms with E-state index in [2.05, 4.69) is 18.8 Å². The van der Waals surface area contributed by atoms with Crippen LogP contribution in [0, 0.1) is 0 Å². The van der Waals surface area contributed by atoms with Gasteiger partial charge in [-0.2, -0.15) is 0 Å². The highest BCUT2D eigenvalue weighted by Gasteiger charge is 2.48. The molecule has 1 aliphatic rings. The molecule has 1 aromatic heterocycles. The molecule has 7 nitrogen and oxygen atoms in total. The summed E-state index contributed by atoms with van der Waals surface area (Å²) in [4.78, 5) is 33.3. The molecule has 42 heavy (non-hydrogen) atoms. The van der Waals surface area contributed by atoms with Gasteiger partial charge < -0.3 is 14.6 Å². The second-order valence-corrected chi connectivity index (χ2v) is 11.6. The molecule has 0 spiro atoms. The number of halogens is 1. The number of benzene rings is 3. The van der Waals surface area contributed by atoms with E-state index in [-0.39, 0.29) is 11.3 Å². The minimum absolute atomic E-state index is 0.0142. The van der Waals surface area contributed by atoms with Crippen LogP contribution < -0.4 is 14.4 Å². The first-order valence-corrected chi connectivity index (χ1v) is 15.4. The number of ketones is 1. The molecule has 9 heteroatoms. The third-order valence-corrected chi connectivity index (χ3v) is 8.33. The van der Waals surface area contributed by atoms with Gasteiger partial charge in [-0.15, -0.1) is 0 Å². The smallest absolute Gasteiger partial charge is 0.301 e. The number of thiazole rings is 1. The maximum atomic E-state index is 13.6. The van der Waals surface area contributed by atoms with E-state index in [1.54, 1.807) is 42.5 Å². The molecule has 1 fully saturated rings.